The average molecular weight is 333 g/mol. The second-order valence-corrected chi connectivity index (χ2v) is 5.94. The van der Waals surface area contributed by atoms with Gasteiger partial charge < -0.3 is 14.2 Å². The van der Waals surface area contributed by atoms with E-state index in [0.717, 1.165) is 11.1 Å². The summed E-state index contributed by atoms with van der Waals surface area (Å²) < 4.78 is 11.1. The van der Waals surface area contributed by atoms with Gasteiger partial charge in [0, 0.05) is 11.8 Å². The Balaban J connectivity index is 1.78. The number of hydrogen-bond acceptors (Lipinski definition) is 4. The maximum atomic E-state index is 12.5. The Bertz CT molecular complexity index is 1180. The van der Waals surface area contributed by atoms with Crippen molar-refractivity contribution < 1.29 is 13.6 Å². The van der Waals surface area contributed by atoms with Crippen molar-refractivity contribution in [2.45, 2.75) is 13.8 Å². The highest BCUT2D eigenvalue weighted by Crippen LogP contribution is 2.23. The molecule has 0 saturated carbocycles. The molecule has 1 amide bonds. The summed E-state index contributed by atoms with van der Waals surface area (Å²) >= 11 is 0. The molecule has 0 radical (unpaired) electrons. The summed E-state index contributed by atoms with van der Waals surface area (Å²) in [6.45, 7) is 3.90. The number of furan rings is 1. The van der Waals surface area contributed by atoms with Crippen LogP contribution in [0.15, 0.2) is 62.2 Å². The molecule has 0 atom stereocenters. The van der Waals surface area contributed by atoms with Gasteiger partial charge in [-0.2, -0.15) is 0 Å². The predicted octanol–water partition coefficient (Wildman–Crippen LogP) is 4.41. The number of anilines is 1. The summed E-state index contributed by atoms with van der Waals surface area (Å²) in [7, 11) is 0. The van der Waals surface area contributed by atoms with Gasteiger partial charge >= 0.3 is 5.78 Å². The highest BCUT2D eigenvalue weighted by atomic mass is 16.5. The Morgan fingerprint density at radius 3 is 2.60 bits per heavy atom. The first-order chi connectivity index (χ1) is 12.0. The lowest BCUT2D eigenvalue weighted by Gasteiger charge is -2.08. The van der Waals surface area contributed by atoms with Gasteiger partial charge in [-0.25, -0.2) is 0 Å². The SMILES string of the molecule is Cc1cccc(NC(=O)c2cc3c(=O)c4ccccc4oc3o2)c1C. The third-order valence-electron chi connectivity index (χ3n) is 4.35. The summed E-state index contributed by atoms with van der Waals surface area (Å²) in [5, 5.41) is 3.52. The first-order valence-electron chi connectivity index (χ1n) is 7.87. The van der Waals surface area contributed by atoms with Crippen molar-refractivity contribution in [3.8, 4) is 0 Å². The number of hydrogen-bond donors (Lipinski definition) is 1. The number of carbonyl (C=O) groups excluding carboxylic acids is 1. The zero-order valence-corrected chi connectivity index (χ0v) is 13.8. The maximum Gasteiger partial charge on any atom is 0.302 e. The molecule has 5 heteroatoms. The van der Waals surface area contributed by atoms with Crippen LogP contribution in [-0.4, -0.2) is 5.91 Å². The monoisotopic (exact) mass is 333 g/mol. The van der Waals surface area contributed by atoms with Crippen LogP contribution >= 0.6 is 0 Å². The van der Waals surface area contributed by atoms with Crippen LogP contribution in [0.5, 0.6) is 0 Å². The van der Waals surface area contributed by atoms with Gasteiger partial charge in [0.25, 0.3) is 5.91 Å². The number of nitrogens with one attached hydrogen (secondary N) is 1. The van der Waals surface area contributed by atoms with Crippen LogP contribution in [0.4, 0.5) is 5.69 Å². The number of fused-ring (bicyclic) bond motifs is 2. The standard InChI is InChI=1S/C20H15NO4/c1-11-6-5-8-15(12(11)2)21-19(23)17-10-14-18(22)13-7-3-4-9-16(13)24-20(14)25-17/h3-10H,1-2H3,(H,21,23). The number of para-hydroxylation sites is 1. The van der Waals surface area contributed by atoms with Crippen molar-refractivity contribution in [3.05, 3.63) is 75.6 Å². The van der Waals surface area contributed by atoms with Gasteiger partial charge in [0.05, 0.1) is 5.39 Å². The third-order valence-corrected chi connectivity index (χ3v) is 4.35. The summed E-state index contributed by atoms with van der Waals surface area (Å²) in [4.78, 5) is 25.0. The van der Waals surface area contributed by atoms with Gasteiger partial charge in [-0.3, -0.25) is 9.59 Å². The summed E-state index contributed by atoms with van der Waals surface area (Å²) in [5.41, 5.74) is 2.97. The fraction of sp³-hybridized carbons (Fsp3) is 0.100. The molecule has 0 aliphatic heterocycles. The van der Waals surface area contributed by atoms with Gasteiger partial charge in [-0.15, -0.1) is 0 Å². The fourth-order valence-electron chi connectivity index (χ4n) is 2.78. The molecule has 2 aromatic heterocycles. The Kier molecular flexibility index (Phi) is 3.42. The lowest BCUT2D eigenvalue weighted by atomic mass is 10.1. The van der Waals surface area contributed by atoms with Gasteiger partial charge in [0.2, 0.25) is 5.43 Å². The molecular formula is C20H15NO4. The maximum absolute atomic E-state index is 12.5. The van der Waals surface area contributed by atoms with E-state index in [9.17, 15) is 9.59 Å². The van der Waals surface area contributed by atoms with Crippen molar-refractivity contribution in [2.75, 3.05) is 5.32 Å². The van der Waals surface area contributed by atoms with Gasteiger partial charge in [0.15, 0.2) is 5.76 Å². The van der Waals surface area contributed by atoms with Crippen LogP contribution in [0.2, 0.25) is 0 Å². The number of carbonyl (C=O) groups is 1. The Morgan fingerprint density at radius 1 is 0.960 bits per heavy atom. The third kappa shape index (κ3) is 2.50. The Morgan fingerprint density at radius 2 is 1.76 bits per heavy atom. The summed E-state index contributed by atoms with van der Waals surface area (Å²) in [6, 6.07) is 14.0. The molecule has 0 aliphatic rings. The van der Waals surface area contributed by atoms with E-state index in [-0.39, 0.29) is 22.4 Å². The number of benzene rings is 2. The van der Waals surface area contributed by atoms with Crippen molar-refractivity contribution in [2.24, 2.45) is 0 Å². The van der Waals surface area contributed by atoms with Gasteiger partial charge in [-0.05, 0) is 43.2 Å². The Hall–Kier alpha value is -3.34. The molecule has 0 saturated heterocycles. The molecule has 1 N–H and O–H groups in total. The zero-order valence-electron chi connectivity index (χ0n) is 13.8. The summed E-state index contributed by atoms with van der Waals surface area (Å²) in [6.07, 6.45) is 0. The molecule has 0 spiro atoms. The van der Waals surface area contributed by atoms with E-state index >= 15 is 0 Å². The van der Waals surface area contributed by atoms with E-state index in [2.05, 4.69) is 5.32 Å². The second kappa shape index (κ2) is 5.63. The molecule has 124 valence electrons. The van der Waals surface area contributed by atoms with Crippen molar-refractivity contribution in [3.63, 3.8) is 0 Å². The molecule has 25 heavy (non-hydrogen) atoms. The number of amides is 1. The van der Waals surface area contributed by atoms with E-state index in [1.54, 1.807) is 24.3 Å². The van der Waals surface area contributed by atoms with Crippen LogP contribution in [0, 0.1) is 13.8 Å². The van der Waals surface area contributed by atoms with Crippen molar-refractivity contribution in [1.82, 2.24) is 0 Å². The van der Waals surface area contributed by atoms with E-state index in [4.69, 9.17) is 8.83 Å². The zero-order chi connectivity index (χ0) is 17.6. The predicted molar refractivity (Wildman–Crippen MR) is 96.1 cm³/mol. The number of rotatable bonds is 2. The minimum absolute atomic E-state index is 0.0343. The highest BCUT2D eigenvalue weighted by Gasteiger charge is 2.18. The molecule has 0 bridgehead atoms. The smallest absolute Gasteiger partial charge is 0.302 e. The fourth-order valence-corrected chi connectivity index (χ4v) is 2.78. The number of aryl methyl sites for hydroxylation is 1. The largest absolute Gasteiger partial charge is 0.425 e. The molecule has 2 heterocycles. The lowest BCUT2D eigenvalue weighted by molar-refractivity contribution is 0.0997. The first-order valence-corrected chi connectivity index (χ1v) is 7.87. The lowest BCUT2D eigenvalue weighted by Crippen LogP contribution is -2.12. The normalized spacial score (nSPS) is 11.1. The molecule has 2 aromatic carbocycles. The van der Waals surface area contributed by atoms with E-state index < -0.39 is 5.91 Å². The molecule has 4 rings (SSSR count). The van der Waals surface area contributed by atoms with Crippen LogP contribution in [-0.2, 0) is 0 Å². The Labute approximate surface area is 142 Å². The molecular weight excluding hydrogens is 318 g/mol. The van der Waals surface area contributed by atoms with Crippen LogP contribution in [0.3, 0.4) is 0 Å². The van der Waals surface area contributed by atoms with Crippen LogP contribution in [0.25, 0.3) is 22.1 Å². The van der Waals surface area contributed by atoms with Crippen LogP contribution < -0.4 is 10.7 Å². The van der Waals surface area contributed by atoms with E-state index in [1.807, 2.05) is 32.0 Å². The topological polar surface area (TPSA) is 72.5 Å². The average Bonchev–Trinajstić information content (AvgIpc) is 3.04. The van der Waals surface area contributed by atoms with Gasteiger partial charge in [-0.1, -0.05) is 24.3 Å². The van der Waals surface area contributed by atoms with E-state index in [0.29, 0.717) is 16.7 Å². The van der Waals surface area contributed by atoms with Crippen molar-refractivity contribution >= 4 is 33.7 Å². The minimum Gasteiger partial charge on any atom is -0.425 e. The highest BCUT2D eigenvalue weighted by molar-refractivity contribution is 6.05. The molecule has 0 aliphatic carbocycles. The second-order valence-electron chi connectivity index (χ2n) is 5.94. The molecule has 0 unspecified atom stereocenters. The van der Waals surface area contributed by atoms with E-state index in [1.165, 1.54) is 6.07 Å². The molecule has 0 fully saturated rings. The summed E-state index contributed by atoms with van der Waals surface area (Å²) in [5.74, 6) is -0.342. The van der Waals surface area contributed by atoms with Crippen LogP contribution in [0.1, 0.15) is 21.7 Å². The quantitative estimate of drug-likeness (QED) is 0.590. The minimum atomic E-state index is -0.427. The van der Waals surface area contributed by atoms with Gasteiger partial charge in [0.1, 0.15) is 11.0 Å². The first kappa shape index (κ1) is 15.2. The molecule has 5 nitrogen and oxygen atoms in total. The van der Waals surface area contributed by atoms with Crippen molar-refractivity contribution in [1.29, 1.82) is 0 Å². The molecule has 4 aromatic rings.